The summed E-state index contributed by atoms with van der Waals surface area (Å²) in [5.41, 5.74) is 1.60. The standard InChI is InChI=1S/C17H14Cl2N2O2S2/c1-11-15(24-17(21-11)12-6-2-3-7-13(12)18)10-20-25(22,23)16-9-5-4-8-14(16)19/h2-9,20H,10H2,1H3. The van der Waals surface area contributed by atoms with E-state index in [1.165, 1.54) is 17.4 Å². The number of aryl methyl sites for hydroxylation is 1. The Morgan fingerprint density at radius 3 is 2.36 bits per heavy atom. The van der Waals surface area contributed by atoms with E-state index >= 15 is 0 Å². The second-order valence-electron chi connectivity index (χ2n) is 5.26. The van der Waals surface area contributed by atoms with E-state index in [1.54, 1.807) is 24.3 Å². The van der Waals surface area contributed by atoms with Gasteiger partial charge < -0.3 is 0 Å². The summed E-state index contributed by atoms with van der Waals surface area (Å²) >= 11 is 13.6. The molecular weight excluding hydrogens is 399 g/mol. The highest BCUT2D eigenvalue weighted by Crippen LogP contribution is 2.33. The summed E-state index contributed by atoms with van der Waals surface area (Å²) in [5.74, 6) is 0. The van der Waals surface area contributed by atoms with Crippen LogP contribution in [0.5, 0.6) is 0 Å². The predicted molar refractivity (Wildman–Crippen MR) is 103 cm³/mol. The fourth-order valence-electron chi connectivity index (χ4n) is 2.24. The molecule has 0 saturated carbocycles. The highest BCUT2D eigenvalue weighted by atomic mass is 35.5. The van der Waals surface area contributed by atoms with Crippen molar-refractivity contribution in [2.45, 2.75) is 18.4 Å². The van der Waals surface area contributed by atoms with Crippen LogP contribution in [0.25, 0.3) is 10.6 Å². The van der Waals surface area contributed by atoms with Crippen molar-refractivity contribution in [1.29, 1.82) is 0 Å². The number of thiazole rings is 1. The average Bonchev–Trinajstić information content (AvgIpc) is 2.94. The number of nitrogens with one attached hydrogen (secondary N) is 1. The van der Waals surface area contributed by atoms with Gasteiger partial charge in [0, 0.05) is 17.0 Å². The molecule has 0 aliphatic carbocycles. The summed E-state index contributed by atoms with van der Waals surface area (Å²) in [6, 6.07) is 13.8. The minimum atomic E-state index is -3.70. The van der Waals surface area contributed by atoms with Crippen molar-refractivity contribution in [2.24, 2.45) is 0 Å². The maximum atomic E-state index is 12.4. The molecule has 0 radical (unpaired) electrons. The SMILES string of the molecule is Cc1nc(-c2ccccc2Cl)sc1CNS(=O)(=O)c1ccccc1Cl. The number of nitrogens with zero attached hydrogens (tertiary/aromatic N) is 1. The number of rotatable bonds is 5. The van der Waals surface area contributed by atoms with E-state index in [2.05, 4.69) is 9.71 Å². The first-order chi connectivity index (χ1) is 11.9. The summed E-state index contributed by atoms with van der Waals surface area (Å²) in [4.78, 5) is 5.39. The normalized spacial score (nSPS) is 11.6. The molecule has 4 nitrogen and oxygen atoms in total. The highest BCUT2D eigenvalue weighted by molar-refractivity contribution is 7.89. The van der Waals surface area contributed by atoms with Crippen molar-refractivity contribution in [2.75, 3.05) is 0 Å². The second kappa shape index (κ2) is 7.43. The molecule has 25 heavy (non-hydrogen) atoms. The third-order valence-corrected chi connectivity index (χ3v) is 6.97. The third-order valence-electron chi connectivity index (χ3n) is 3.55. The molecule has 0 atom stereocenters. The zero-order valence-corrected chi connectivity index (χ0v) is 16.3. The molecule has 1 aromatic heterocycles. The number of sulfonamides is 1. The highest BCUT2D eigenvalue weighted by Gasteiger charge is 2.19. The van der Waals surface area contributed by atoms with Crippen LogP contribution in [0, 0.1) is 6.92 Å². The Hall–Kier alpha value is -1.44. The average molecular weight is 413 g/mol. The van der Waals surface area contributed by atoms with E-state index in [0.717, 1.165) is 21.1 Å². The van der Waals surface area contributed by atoms with Crippen LogP contribution in [-0.2, 0) is 16.6 Å². The first-order valence-electron chi connectivity index (χ1n) is 7.34. The molecule has 0 saturated heterocycles. The minimum absolute atomic E-state index is 0.0603. The van der Waals surface area contributed by atoms with Crippen LogP contribution in [0.1, 0.15) is 10.6 Å². The summed E-state index contributed by atoms with van der Waals surface area (Å²) in [7, 11) is -3.70. The number of benzene rings is 2. The van der Waals surface area contributed by atoms with Crippen molar-refractivity contribution in [3.05, 3.63) is 69.1 Å². The van der Waals surface area contributed by atoms with Crippen molar-refractivity contribution < 1.29 is 8.42 Å². The van der Waals surface area contributed by atoms with E-state index in [9.17, 15) is 8.42 Å². The second-order valence-corrected chi connectivity index (χ2v) is 8.90. The van der Waals surface area contributed by atoms with E-state index in [1.807, 2.05) is 25.1 Å². The van der Waals surface area contributed by atoms with Crippen LogP contribution < -0.4 is 4.72 Å². The number of halogens is 2. The number of hydrogen-bond donors (Lipinski definition) is 1. The molecule has 0 aliphatic heterocycles. The summed E-state index contributed by atoms with van der Waals surface area (Å²) in [5, 5.41) is 1.56. The molecule has 3 rings (SSSR count). The van der Waals surface area contributed by atoms with E-state index < -0.39 is 10.0 Å². The van der Waals surface area contributed by atoms with Gasteiger partial charge in [-0.3, -0.25) is 0 Å². The van der Waals surface area contributed by atoms with Crippen LogP contribution >= 0.6 is 34.5 Å². The topological polar surface area (TPSA) is 59.1 Å². The van der Waals surface area contributed by atoms with Gasteiger partial charge in [0.25, 0.3) is 0 Å². The fourth-order valence-corrected chi connectivity index (χ4v) is 5.17. The maximum absolute atomic E-state index is 12.4. The predicted octanol–water partition coefficient (Wildman–Crippen LogP) is 4.90. The Labute approximate surface area is 160 Å². The summed E-state index contributed by atoms with van der Waals surface area (Å²) < 4.78 is 27.5. The molecule has 0 aliphatic rings. The molecule has 2 aromatic carbocycles. The molecule has 3 aromatic rings. The number of aromatic nitrogens is 1. The lowest BCUT2D eigenvalue weighted by Gasteiger charge is -2.07. The van der Waals surface area contributed by atoms with Crippen LogP contribution in [-0.4, -0.2) is 13.4 Å². The molecule has 0 bridgehead atoms. The summed E-state index contributed by atoms with van der Waals surface area (Å²) in [6.45, 7) is 1.98. The van der Waals surface area contributed by atoms with Gasteiger partial charge in [0.2, 0.25) is 10.0 Å². The van der Waals surface area contributed by atoms with Gasteiger partial charge in [-0.15, -0.1) is 11.3 Å². The quantitative estimate of drug-likeness (QED) is 0.647. The third kappa shape index (κ3) is 4.04. The monoisotopic (exact) mass is 412 g/mol. The lowest BCUT2D eigenvalue weighted by atomic mass is 10.2. The van der Waals surface area contributed by atoms with Gasteiger partial charge >= 0.3 is 0 Å². The molecular formula is C17H14Cl2N2O2S2. The Balaban J connectivity index is 1.83. The van der Waals surface area contributed by atoms with E-state index in [4.69, 9.17) is 23.2 Å². The first kappa shape index (κ1) is 18.4. The van der Waals surface area contributed by atoms with Gasteiger partial charge in [-0.1, -0.05) is 53.5 Å². The first-order valence-corrected chi connectivity index (χ1v) is 10.4. The molecule has 1 N–H and O–H groups in total. The van der Waals surface area contributed by atoms with Crippen LogP contribution in [0.15, 0.2) is 53.4 Å². The minimum Gasteiger partial charge on any atom is -0.241 e. The van der Waals surface area contributed by atoms with Crippen molar-refractivity contribution >= 4 is 44.6 Å². The Kier molecular flexibility index (Phi) is 5.46. The summed E-state index contributed by atoms with van der Waals surface area (Å²) in [6.07, 6.45) is 0. The Morgan fingerprint density at radius 1 is 1.04 bits per heavy atom. The van der Waals surface area contributed by atoms with Crippen molar-refractivity contribution in [3.8, 4) is 10.6 Å². The number of hydrogen-bond acceptors (Lipinski definition) is 4. The van der Waals surface area contributed by atoms with E-state index in [0.29, 0.717) is 5.02 Å². The fraction of sp³-hybridized carbons (Fsp3) is 0.118. The Morgan fingerprint density at radius 2 is 1.68 bits per heavy atom. The maximum Gasteiger partial charge on any atom is 0.242 e. The molecule has 0 spiro atoms. The lowest BCUT2D eigenvalue weighted by molar-refractivity contribution is 0.581. The largest absolute Gasteiger partial charge is 0.242 e. The smallest absolute Gasteiger partial charge is 0.241 e. The lowest BCUT2D eigenvalue weighted by Crippen LogP contribution is -2.23. The molecule has 0 unspecified atom stereocenters. The molecule has 0 amide bonds. The Bertz CT molecular complexity index is 1020. The van der Waals surface area contributed by atoms with Crippen molar-refractivity contribution in [1.82, 2.24) is 9.71 Å². The van der Waals surface area contributed by atoms with Crippen LogP contribution in [0.2, 0.25) is 10.0 Å². The molecule has 130 valence electrons. The van der Waals surface area contributed by atoms with Gasteiger partial charge in [-0.2, -0.15) is 0 Å². The van der Waals surface area contributed by atoms with Gasteiger partial charge in [0.15, 0.2) is 0 Å². The van der Waals surface area contributed by atoms with Gasteiger partial charge in [0.1, 0.15) is 9.90 Å². The molecule has 8 heteroatoms. The molecule has 0 fully saturated rings. The van der Waals surface area contributed by atoms with E-state index in [-0.39, 0.29) is 16.5 Å². The van der Waals surface area contributed by atoms with Gasteiger partial charge in [0.05, 0.1) is 15.7 Å². The zero-order chi connectivity index (χ0) is 18.0. The van der Waals surface area contributed by atoms with Crippen LogP contribution in [0.4, 0.5) is 0 Å². The molecule has 1 heterocycles. The van der Waals surface area contributed by atoms with Crippen LogP contribution in [0.3, 0.4) is 0 Å². The van der Waals surface area contributed by atoms with Crippen molar-refractivity contribution in [3.63, 3.8) is 0 Å². The zero-order valence-electron chi connectivity index (χ0n) is 13.2. The van der Waals surface area contributed by atoms with Gasteiger partial charge in [-0.25, -0.2) is 18.1 Å². The van der Waals surface area contributed by atoms with Gasteiger partial charge in [-0.05, 0) is 25.1 Å².